The number of rotatable bonds is 7. The van der Waals surface area contributed by atoms with E-state index in [1.165, 1.54) is 6.33 Å². The summed E-state index contributed by atoms with van der Waals surface area (Å²) in [6.45, 7) is 2.88. The molecule has 8 nitrogen and oxygen atoms in total. The SMILES string of the molecule is COc1ccccc1NC(=S)Nc1ncnc2cc(OCC3CCN(C)CC3)c(OC)cc12. The van der Waals surface area contributed by atoms with Crippen LogP contribution in [0.25, 0.3) is 10.9 Å². The van der Waals surface area contributed by atoms with Gasteiger partial charge in [-0.25, -0.2) is 9.97 Å². The van der Waals surface area contributed by atoms with Crippen molar-refractivity contribution in [1.82, 2.24) is 14.9 Å². The Morgan fingerprint density at radius 3 is 2.55 bits per heavy atom. The molecule has 1 saturated heterocycles. The summed E-state index contributed by atoms with van der Waals surface area (Å²) in [5.41, 5.74) is 1.50. The molecule has 0 spiro atoms. The average Bonchev–Trinajstić information content (AvgIpc) is 2.83. The highest BCUT2D eigenvalue weighted by molar-refractivity contribution is 7.80. The molecule has 9 heteroatoms. The second-order valence-corrected chi connectivity index (χ2v) is 8.49. The first kappa shape index (κ1) is 23.0. The summed E-state index contributed by atoms with van der Waals surface area (Å²) in [5, 5.41) is 7.48. The molecule has 0 bridgehead atoms. The van der Waals surface area contributed by atoms with E-state index in [1.807, 2.05) is 36.4 Å². The zero-order valence-electron chi connectivity index (χ0n) is 19.1. The van der Waals surface area contributed by atoms with E-state index < -0.39 is 0 Å². The van der Waals surface area contributed by atoms with Gasteiger partial charge in [0.1, 0.15) is 17.9 Å². The molecular formula is C24H29N5O3S. The highest BCUT2D eigenvalue weighted by Gasteiger charge is 2.19. The van der Waals surface area contributed by atoms with Crippen LogP contribution >= 0.6 is 12.2 Å². The van der Waals surface area contributed by atoms with Crippen LogP contribution in [0.15, 0.2) is 42.7 Å². The molecule has 2 aromatic carbocycles. The van der Waals surface area contributed by atoms with Gasteiger partial charge in [-0.2, -0.15) is 0 Å². The van der Waals surface area contributed by atoms with Gasteiger partial charge in [0.05, 0.1) is 32.0 Å². The van der Waals surface area contributed by atoms with E-state index in [2.05, 4.69) is 32.5 Å². The summed E-state index contributed by atoms with van der Waals surface area (Å²) in [6, 6.07) is 11.3. The summed E-state index contributed by atoms with van der Waals surface area (Å²) < 4.78 is 17.1. The molecule has 3 aromatic rings. The Morgan fingerprint density at radius 1 is 1.03 bits per heavy atom. The molecule has 4 rings (SSSR count). The van der Waals surface area contributed by atoms with Crippen molar-refractivity contribution < 1.29 is 14.2 Å². The summed E-state index contributed by atoms with van der Waals surface area (Å²) in [7, 11) is 5.41. The van der Waals surface area contributed by atoms with Gasteiger partial charge in [0.15, 0.2) is 16.6 Å². The van der Waals surface area contributed by atoms with Gasteiger partial charge < -0.3 is 29.7 Å². The van der Waals surface area contributed by atoms with Crippen molar-refractivity contribution in [3.8, 4) is 17.2 Å². The monoisotopic (exact) mass is 467 g/mol. The molecule has 33 heavy (non-hydrogen) atoms. The Morgan fingerprint density at radius 2 is 1.79 bits per heavy atom. The van der Waals surface area contributed by atoms with E-state index in [0.29, 0.717) is 40.7 Å². The van der Waals surface area contributed by atoms with E-state index in [4.69, 9.17) is 26.4 Å². The number of ether oxygens (including phenoxy) is 3. The van der Waals surface area contributed by atoms with Gasteiger partial charge in [-0.3, -0.25) is 0 Å². The zero-order valence-corrected chi connectivity index (χ0v) is 19.9. The third kappa shape index (κ3) is 5.61. The van der Waals surface area contributed by atoms with Crippen molar-refractivity contribution in [2.24, 2.45) is 5.92 Å². The molecule has 0 radical (unpaired) electrons. The fraction of sp³-hybridized carbons (Fsp3) is 0.375. The van der Waals surface area contributed by atoms with Crippen LogP contribution < -0.4 is 24.8 Å². The van der Waals surface area contributed by atoms with Gasteiger partial charge in [-0.05, 0) is 69.3 Å². The molecule has 0 saturated carbocycles. The maximum atomic E-state index is 6.16. The number of para-hydroxylation sites is 2. The van der Waals surface area contributed by atoms with Crippen LogP contribution in [0.1, 0.15) is 12.8 Å². The van der Waals surface area contributed by atoms with E-state index >= 15 is 0 Å². The maximum absolute atomic E-state index is 6.16. The van der Waals surface area contributed by atoms with Gasteiger partial charge in [-0.1, -0.05) is 12.1 Å². The number of thiocarbonyl (C=S) groups is 1. The van der Waals surface area contributed by atoms with Crippen molar-refractivity contribution in [3.05, 3.63) is 42.7 Å². The fourth-order valence-corrected chi connectivity index (χ4v) is 4.09. The molecular weight excluding hydrogens is 438 g/mol. The molecule has 0 unspecified atom stereocenters. The van der Waals surface area contributed by atoms with Crippen molar-refractivity contribution in [2.75, 3.05) is 51.6 Å². The minimum Gasteiger partial charge on any atom is -0.495 e. The largest absolute Gasteiger partial charge is 0.495 e. The summed E-state index contributed by atoms with van der Waals surface area (Å²) >= 11 is 5.50. The molecule has 1 aliphatic heterocycles. The van der Waals surface area contributed by atoms with Crippen LogP contribution in [0.5, 0.6) is 17.2 Å². The Labute approximate surface area is 199 Å². The van der Waals surface area contributed by atoms with Gasteiger partial charge in [0, 0.05) is 11.5 Å². The third-order valence-corrected chi connectivity index (χ3v) is 6.02. The highest BCUT2D eigenvalue weighted by Crippen LogP contribution is 2.35. The van der Waals surface area contributed by atoms with Gasteiger partial charge in [0.2, 0.25) is 0 Å². The number of fused-ring (bicyclic) bond motifs is 1. The first-order valence-electron chi connectivity index (χ1n) is 10.9. The van der Waals surface area contributed by atoms with Crippen LogP contribution in [0.2, 0.25) is 0 Å². The Bertz CT molecular complexity index is 1120. The molecule has 1 fully saturated rings. The van der Waals surface area contributed by atoms with Crippen molar-refractivity contribution in [1.29, 1.82) is 0 Å². The second-order valence-electron chi connectivity index (χ2n) is 8.08. The lowest BCUT2D eigenvalue weighted by molar-refractivity contribution is 0.157. The second kappa shape index (κ2) is 10.6. The van der Waals surface area contributed by atoms with Gasteiger partial charge >= 0.3 is 0 Å². The molecule has 1 aromatic heterocycles. The quantitative estimate of drug-likeness (QED) is 0.498. The lowest BCUT2D eigenvalue weighted by Gasteiger charge is -2.28. The van der Waals surface area contributed by atoms with Crippen LogP contribution in [0, 0.1) is 5.92 Å². The molecule has 0 atom stereocenters. The predicted molar refractivity (Wildman–Crippen MR) is 135 cm³/mol. The van der Waals surface area contributed by atoms with E-state index in [0.717, 1.165) is 42.5 Å². The number of hydrogen-bond donors (Lipinski definition) is 2. The first-order chi connectivity index (χ1) is 16.1. The minimum atomic E-state index is 0.390. The number of anilines is 2. The van der Waals surface area contributed by atoms with Gasteiger partial charge in [0.25, 0.3) is 0 Å². The third-order valence-electron chi connectivity index (χ3n) is 5.82. The molecule has 2 N–H and O–H groups in total. The van der Waals surface area contributed by atoms with Crippen molar-refractivity contribution >= 4 is 39.7 Å². The van der Waals surface area contributed by atoms with E-state index in [9.17, 15) is 0 Å². The maximum Gasteiger partial charge on any atom is 0.176 e. The molecule has 1 aliphatic rings. The molecule has 0 amide bonds. The number of methoxy groups -OCH3 is 2. The summed E-state index contributed by atoms with van der Waals surface area (Å²) in [4.78, 5) is 11.2. The Hall–Kier alpha value is -3.17. The lowest BCUT2D eigenvalue weighted by Crippen LogP contribution is -2.32. The number of nitrogens with one attached hydrogen (secondary N) is 2. The van der Waals surface area contributed by atoms with Crippen LogP contribution in [-0.4, -0.2) is 60.9 Å². The summed E-state index contributed by atoms with van der Waals surface area (Å²) in [5.74, 6) is 3.14. The minimum absolute atomic E-state index is 0.390. The first-order valence-corrected chi connectivity index (χ1v) is 11.3. The lowest BCUT2D eigenvalue weighted by atomic mass is 9.98. The van der Waals surface area contributed by atoms with Crippen molar-refractivity contribution in [3.63, 3.8) is 0 Å². The van der Waals surface area contributed by atoms with Gasteiger partial charge in [-0.15, -0.1) is 0 Å². The fourth-order valence-electron chi connectivity index (χ4n) is 3.88. The number of piperidine rings is 1. The molecule has 2 heterocycles. The number of nitrogens with zero attached hydrogens (tertiary/aromatic N) is 3. The van der Waals surface area contributed by atoms with Crippen LogP contribution in [0.3, 0.4) is 0 Å². The normalized spacial score (nSPS) is 14.6. The van der Waals surface area contributed by atoms with Crippen molar-refractivity contribution in [2.45, 2.75) is 12.8 Å². The summed E-state index contributed by atoms with van der Waals surface area (Å²) in [6.07, 6.45) is 3.78. The topological polar surface area (TPSA) is 80.8 Å². The zero-order chi connectivity index (χ0) is 23.2. The number of hydrogen-bond acceptors (Lipinski definition) is 7. The number of benzene rings is 2. The molecule has 174 valence electrons. The molecule has 0 aliphatic carbocycles. The smallest absolute Gasteiger partial charge is 0.176 e. The number of likely N-dealkylation sites (tertiary alicyclic amines) is 1. The van der Waals surface area contributed by atoms with E-state index in [-0.39, 0.29) is 0 Å². The number of aromatic nitrogens is 2. The Kier molecular flexibility index (Phi) is 7.41. The predicted octanol–water partition coefficient (Wildman–Crippen LogP) is 4.18. The standard InChI is InChI=1S/C24H29N5O3S/c1-29-10-8-16(9-11-29)14-32-22-13-19-17(12-21(22)31-3)23(26-15-25-19)28-24(33)27-18-6-4-5-7-20(18)30-2/h4-7,12-13,15-16H,8-11,14H2,1-3H3,(H2,25,26,27,28,33). The Balaban J connectivity index is 1.50. The van der Waals surface area contributed by atoms with Crippen LogP contribution in [0.4, 0.5) is 11.5 Å². The highest BCUT2D eigenvalue weighted by atomic mass is 32.1. The van der Waals surface area contributed by atoms with E-state index in [1.54, 1.807) is 14.2 Å². The average molecular weight is 468 g/mol. The van der Waals surface area contributed by atoms with Crippen LogP contribution in [-0.2, 0) is 0 Å².